The molecule has 0 radical (unpaired) electrons. The standard InChI is InChI=1S/C20H16Cl2O5/c1-9(2)3-5-11-14(23)8-15(24)16-17(25)18(26)19(27-20(11)16)10-4-6-12(21)13(22)7-10/h3-4,6-8,19,23-24H,5H2,1-2H3. The van der Waals surface area contributed by atoms with Crippen LogP contribution in [0.4, 0.5) is 0 Å². The Morgan fingerprint density at radius 3 is 2.44 bits per heavy atom. The first kappa shape index (κ1) is 19.3. The molecule has 0 amide bonds. The van der Waals surface area contributed by atoms with Gasteiger partial charge < -0.3 is 14.9 Å². The number of phenolic OH excluding ortho intramolecular Hbond substituents is 2. The quantitative estimate of drug-likeness (QED) is 0.564. The molecule has 0 saturated carbocycles. The van der Waals surface area contributed by atoms with E-state index in [0.29, 0.717) is 16.1 Å². The van der Waals surface area contributed by atoms with Gasteiger partial charge in [0.2, 0.25) is 11.6 Å². The van der Waals surface area contributed by atoms with Crippen molar-refractivity contribution in [1.82, 2.24) is 0 Å². The number of aromatic hydroxyl groups is 2. The van der Waals surface area contributed by atoms with Crippen LogP contribution in [-0.4, -0.2) is 21.8 Å². The zero-order valence-corrected chi connectivity index (χ0v) is 16.1. The lowest BCUT2D eigenvalue weighted by molar-refractivity contribution is -0.122. The summed E-state index contributed by atoms with van der Waals surface area (Å²) < 4.78 is 5.80. The molecule has 3 rings (SSSR count). The number of hydrogen-bond donors (Lipinski definition) is 2. The predicted molar refractivity (Wildman–Crippen MR) is 102 cm³/mol. The molecular weight excluding hydrogens is 391 g/mol. The molecule has 1 heterocycles. The zero-order chi connectivity index (χ0) is 19.9. The van der Waals surface area contributed by atoms with Gasteiger partial charge >= 0.3 is 0 Å². The summed E-state index contributed by atoms with van der Waals surface area (Å²) >= 11 is 11.9. The summed E-state index contributed by atoms with van der Waals surface area (Å²) in [4.78, 5) is 25.2. The van der Waals surface area contributed by atoms with E-state index in [1.54, 1.807) is 0 Å². The molecule has 2 aromatic carbocycles. The van der Waals surface area contributed by atoms with Crippen LogP contribution in [0, 0.1) is 0 Å². The second-order valence-electron chi connectivity index (χ2n) is 6.45. The number of hydrogen-bond acceptors (Lipinski definition) is 5. The summed E-state index contributed by atoms with van der Waals surface area (Å²) in [5.41, 5.74) is 1.42. The zero-order valence-electron chi connectivity index (χ0n) is 14.5. The monoisotopic (exact) mass is 406 g/mol. The minimum Gasteiger partial charge on any atom is -0.507 e. The molecule has 0 aromatic heterocycles. The number of carbonyl (C=O) groups is 2. The topological polar surface area (TPSA) is 83.8 Å². The van der Waals surface area contributed by atoms with E-state index < -0.39 is 23.4 Å². The van der Waals surface area contributed by atoms with Crippen molar-refractivity contribution in [2.24, 2.45) is 0 Å². The van der Waals surface area contributed by atoms with Gasteiger partial charge in [0.1, 0.15) is 22.8 Å². The fourth-order valence-corrected chi connectivity index (χ4v) is 3.14. The number of halogens is 2. The van der Waals surface area contributed by atoms with Gasteiger partial charge in [0.25, 0.3) is 0 Å². The Bertz CT molecular complexity index is 990. The molecular formula is C20H16Cl2O5. The Balaban J connectivity index is 2.16. The van der Waals surface area contributed by atoms with Crippen molar-refractivity contribution in [2.75, 3.05) is 0 Å². The Morgan fingerprint density at radius 2 is 1.81 bits per heavy atom. The van der Waals surface area contributed by atoms with Gasteiger partial charge in [0, 0.05) is 17.2 Å². The number of fused-ring (bicyclic) bond motifs is 1. The fourth-order valence-electron chi connectivity index (χ4n) is 2.83. The molecule has 1 aliphatic rings. The van der Waals surface area contributed by atoms with Crippen molar-refractivity contribution in [3.05, 3.63) is 62.7 Å². The third-order valence-corrected chi connectivity index (χ3v) is 4.96. The number of Topliss-reactive ketones (excluding diaryl/α,β-unsaturated/α-hetero) is 2. The number of ketones is 2. The van der Waals surface area contributed by atoms with Gasteiger partial charge in [-0.3, -0.25) is 9.59 Å². The normalized spacial score (nSPS) is 15.9. The largest absolute Gasteiger partial charge is 0.507 e. The van der Waals surface area contributed by atoms with Crippen LogP contribution in [0.2, 0.25) is 10.0 Å². The van der Waals surface area contributed by atoms with Crippen LogP contribution in [0.5, 0.6) is 17.2 Å². The maximum atomic E-state index is 12.6. The Labute approximate surface area is 165 Å². The van der Waals surface area contributed by atoms with Gasteiger partial charge in [-0.25, -0.2) is 0 Å². The average molecular weight is 407 g/mol. The summed E-state index contributed by atoms with van der Waals surface area (Å²) in [5, 5.41) is 20.9. The van der Waals surface area contributed by atoms with Gasteiger partial charge in [0.15, 0.2) is 6.10 Å². The SMILES string of the molecule is CC(C)=CCc1c(O)cc(O)c2c1OC(c1ccc(Cl)c(Cl)c1)C(=O)C2=O. The molecule has 0 spiro atoms. The van der Waals surface area contributed by atoms with E-state index >= 15 is 0 Å². The summed E-state index contributed by atoms with van der Waals surface area (Å²) in [6.07, 6.45) is 0.864. The van der Waals surface area contributed by atoms with E-state index in [-0.39, 0.29) is 28.5 Å². The molecule has 2 N–H and O–H groups in total. The first-order chi connectivity index (χ1) is 12.7. The number of benzene rings is 2. The number of allylic oxidation sites excluding steroid dienone is 2. The van der Waals surface area contributed by atoms with E-state index in [1.165, 1.54) is 18.2 Å². The van der Waals surface area contributed by atoms with Crippen molar-refractivity contribution in [2.45, 2.75) is 26.4 Å². The summed E-state index contributed by atoms with van der Waals surface area (Å²) in [7, 11) is 0. The van der Waals surface area contributed by atoms with Crippen molar-refractivity contribution in [3.8, 4) is 17.2 Å². The van der Waals surface area contributed by atoms with Gasteiger partial charge in [-0.15, -0.1) is 0 Å². The molecule has 140 valence electrons. The highest BCUT2D eigenvalue weighted by Crippen LogP contribution is 2.45. The summed E-state index contributed by atoms with van der Waals surface area (Å²) in [6, 6.07) is 5.53. The van der Waals surface area contributed by atoms with E-state index in [0.717, 1.165) is 11.6 Å². The highest BCUT2D eigenvalue weighted by molar-refractivity contribution is 6.47. The van der Waals surface area contributed by atoms with Crippen molar-refractivity contribution < 1.29 is 24.5 Å². The lowest BCUT2D eigenvalue weighted by Crippen LogP contribution is -2.32. The lowest BCUT2D eigenvalue weighted by atomic mass is 9.91. The summed E-state index contributed by atoms with van der Waals surface area (Å²) in [5.74, 6) is -2.46. The van der Waals surface area contributed by atoms with Crippen LogP contribution in [0.1, 0.15) is 41.4 Å². The lowest BCUT2D eigenvalue weighted by Gasteiger charge is -2.27. The fraction of sp³-hybridized carbons (Fsp3) is 0.200. The predicted octanol–water partition coefficient (Wildman–Crippen LogP) is 4.80. The van der Waals surface area contributed by atoms with Crippen LogP contribution in [-0.2, 0) is 11.2 Å². The second-order valence-corrected chi connectivity index (χ2v) is 7.26. The molecule has 2 aromatic rings. The molecule has 5 nitrogen and oxygen atoms in total. The van der Waals surface area contributed by atoms with Crippen LogP contribution in [0.3, 0.4) is 0 Å². The molecule has 0 fully saturated rings. The van der Waals surface area contributed by atoms with Gasteiger partial charge in [-0.05, 0) is 32.4 Å². The third kappa shape index (κ3) is 3.53. The van der Waals surface area contributed by atoms with Crippen molar-refractivity contribution in [3.63, 3.8) is 0 Å². The minimum absolute atomic E-state index is 0.00864. The maximum absolute atomic E-state index is 12.6. The van der Waals surface area contributed by atoms with Gasteiger partial charge in [-0.2, -0.15) is 0 Å². The van der Waals surface area contributed by atoms with Crippen LogP contribution in [0.15, 0.2) is 35.9 Å². The van der Waals surface area contributed by atoms with Crippen LogP contribution in [0.25, 0.3) is 0 Å². The summed E-state index contributed by atoms with van der Waals surface area (Å²) in [6.45, 7) is 3.77. The highest BCUT2D eigenvalue weighted by atomic mass is 35.5. The van der Waals surface area contributed by atoms with Crippen molar-refractivity contribution >= 4 is 34.8 Å². The van der Waals surface area contributed by atoms with Gasteiger partial charge in [0.05, 0.1) is 10.0 Å². The molecule has 1 atom stereocenters. The average Bonchev–Trinajstić information content (AvgIpc) is 2.59. The molecule has 1 unspecified atom stereocenters. The second kappa shape index (κ2) is 7.25. The smallest absolute Gasteiger partial charge is 0.248 e. The van der Waals surface area contributed by atoms with Gasteiger partial charge in [-0.1, -0.05) is 40.9 Å². The molecule has 0 aliphatic carbocycles. The Morgan fingerprint density at radius 1 is 1.11 bits per heavy atom. The number of ether oxygens (including phenoxy) is 1. The maximum Gasteiger partial charge on any atom is 0.248 e. The van der Waals surface area contributed by atoms with E-state index in [1.807, 2.05) is 19.9 Å². The molecule has 0 saturated heterocycles. The minimum atomic E-state index is -1.24. The number of carbonyl (C=O) groups excluding carboxylic acids is 2. The first-order valence-corrected chi connectivity index (χ1v) is 8.87. The highest BCUT2D eigenvalue weighted by Gasteiger charge is 2.40. The van der Waals surface area contributed by atoms with Crippen LogP contribution < -0.4 is 4.74 Å². The molecule has 7 heteroatoms. The van der Waals surface area contributed by atoms with E-state index in [4.69, 9.17) is 27.9 Å². The number of phenols is 2. The Hall–Kier alpha value is -2.50. The van der Waals surface area contributed by atoms with E-state index in [9.17, 15) is 19.8 Å². The van der Waals surface area contributed by atoms with Crippen LogP contribution >= 0.6 is 23.2 Å². The van der Waals surface area contributed by atoms with Crippen molar-refractivity contribution in [1.29, 1.82) is 0 Å². The number of rotatable bonds is 3. The molecule has 0 bridgehead atoms. The van der Waals surface area contributed by atoms with E-state index in [2.05, 4.69) is 0 Å². The Kier molecular flexibility index (Phi) is 5.18. The molecule has 1 aliphatic heterocycles. The first-order valence-electron chi connectivity index (χ1n) is 8.12. The third-order valence-electron chi connectivity index (χ3n) is 4.23. The molecule has 27 heavy (non-hydrogen) atoms.